The number of rotatable bonds is 10. The van der Waals surface area contributed by atoms with E-state index < -0.39 is 10.0 Å². The first-order valence-electron chi connectivity index (χ1n) is 11.2. The van der Waals surface area contributed by atoms with Gasteiger partial charge < -0.3 is 9.47 Å². The lowest BCUT2D eigenvalue weighted by Gasteiger charge is -2.37. The van der Waals surface area contributed by atoms with E-state index in [9.17, 15) is 8.42 Å². The monoisotopic (exact) mass is 483 g/mol. The minimum Gasteiger partial charge on any atom is -0.385 e. The van der Waals surface area contributed by atoms with Crippen LogP contribution >= 0.6 is 0 Å². The van der Waals surface area contributed by atoms with Crippen molar-refractivity contribution in [3.05, 3.63) is 66.9 Å². The van der Waals surface area contributed by atoms with Gasteiger partial charge in [-0.15, -0.1) is 0 Å². The maximum absolute atomic E-state index is 12.2. The van der Waals surface area contributed by atoms with Crippen LogP contribution in [0.2, 0.25) is 0 Å². The smallest absolute Gasteiger partial charge is 0.245 e. The molecule has 1 saturated heterocycles. The molecule has 0 aliphatic carbocycles. The maximum Gasteiger partial charge on any atom is 0.245 e. The molecule has 10 heteroatoms. The van der Waals surface area contributed by atoms with Gasteiger partial charge in [0.1, 0.15) is 0 Å². The van der Waals surface area contributed by atoms with Crippen molar-refractivity contribution in [2.45, 2.75) is 6.42 Å². The molecular weight excluding hydrogens is 454 g/mol. The summed E-state index contributed by atoms with van der Waals surface area (Å²) in [5.74, 6) is 0.572. The number of nitrogens with zero attached hydrogens (tertiary/aromatic N) is 4. The molecule has 0 spiro atoms. The molecule has 2 aromatic carbocycles. The highest BCUT2D eigenvalue weighted by atomic mass is 32.2. The van der Waals surface area contributed by atoms with Crippen LogP contribution < -0.4 is 9.73 Å². The third-order valence-corrected chi connectivity index (χ3v) is 6.69. The number of sulfonamides is 1. The number of methoxy groups -OCH3 is 1. The summed E-state index contributed by atoms with van der Waals surface area (Å²) in [6, 6.07) is 19.0. The van der Waals surface area contributed by atoms with E-state index in [-0.39, 0.29) is 5.75 Å². The average molecular weight is 484 g/mol. The number of hydrogen-bond donors (Lipinski definition) is 1. The van der Waals surface area contributed by atoms with Crippen LogP contribution in [0.5, 0.6) is 0 Å². The fourth-order valence-corrected chi connectivity index (χ4v) is 4.77. The maximum atomic E-state index is 12.2. The fraction of sp³-hybridized carbons (Fsp3) is 0.333. The quantitative estimate of drug-likeness (QED) is 0.439. The molecule has 0 atom stereocenters. The van der Waals surface area contributed by atoms with Crippen molar-refractivity contribution < 1.29 is 17.9 Å². The zero-order valence-corrected chi connectivity index (χ0v) is 19.9. The molecule has 0 unspecified atom stereocenters. The van der Waals surface area contributed by atoms with E-state index in [1.807, 2.05) is 53.5 Å². The molecule has 0 bridgehead atoms. The molecule has 1 fully saturated rings. The Hall–Kier alpha value is -3.05. The summed E-state index contributed by atoms with van der Waals surface area (Å²) in [7, 11) is -1.87. The third-order valence-electron chi connectivity index (χ3n) is 5.32. The minimum atomic E-state index is -3.42. The van der Waals surface area contributed by atoms with E-state index >= 15 is 0 Å². The number of aromatic nitrogens is 2. The standard InChI is InChI=1S/C24H29N5O4S/c1-32-16-5-19-34(30,31)27-21-10-8-20(9-11-21)23-12-13-25-24(26-23)29(22-6-3-2-4-7-22)28-14-17-33-18-15-28/h2-4,6-13,27H,5,14-19H2,1H3. The van der Waals surface area contributed by atoms with Crippen molar-refractivity contribution in [2.24, 2.45) is 0 Å². The van der Waals surface area contributed by atoms with Gasteiger partial charge in [0.05, 0.1) is 30.3 Å². The van der Waals surface area contributed by atoms with E-state index in [1.165, 1.54) is 0 Å². The van der Waals surface area contributed by atoms with Gasteiger partial charge in [-0.3, -0.25) is 4.72 Å². The first kappa shape index (κ1) is 24.1. The van der Waals surface area contributed by atoms with Crippen LogP contribution in [0.15, 0.2) is 66.9 Å². The van der Waals surface area contributed by atoms with E-state index in [4.69, 9.17) is 14.5 Å². The topological polar surface area (TPSA) is 96.9 Å². The number of hydrogen-bond acceptors (Lipinski definition) is 8. The molecular formula is C24H29N5O4S. The van der Waals surface area contributed by atoms with Crippen molar-refractivity contribution in [1.82, 2.24) is 15.0 Å². The minimum absolute atomic E-state index is 0.00865. The second-order valence-corrected chi connectivity index (χ2v) is 9.64. The Morgan fingerprint density at radius 3 is 2.50 bits per heavy atom. The summed E-state index contributed by atoms with van der Waals surface area (Å²) in [6.45, 7) is 3.17. The van der Waals surface area contributed by atoms with E-state index in [1.54, 1.807) is 25.4 Å². The van der Waals surface area contributed by atoms with Gasteiger partial charge >= 0.3 is 0 Å². The zero-order chi connectivity index (χ0) is 23.8. The number of ether oxygens (including phenoxy) is 2. The summed E-state index contributed by atoms with van der Waals surface area (Å²) in [5.41, 5.74) is 3.09. The van der Waals surface area contributed by atoms with Gasteiger partial charge in [-0.05, 0) is 36.8 Å². The SMILES string of the molecule is COCCCS(=O)(=O)Nc1ccc(-c2ccnc(N(c3ccccc3)N3CCOCC3)n2)cc1. The summed E-state index contributed by atoms with van der Waals surface area (Å²) in [4.78, 5) is 9.38. The van der Waals surface area contributed by atoms with Gasteiger partial charge in [0.2, 0.25) is 16.0 Å². The van der Waals surface area contributed by atoms with Gasteiger partial charge in [0, 0.05) is 44.3 Å². The molecule has 0 amide bonds. The number of nitrogens with one attached hydrogen (secondary N) is 1. The summed E-state index contributed by atoms with van der Waals surface area (Å²) >= 11 is 0. The van der Waals surface area contributed by atoms with Crippen LogP contribution in [-0.4, -0.2) is 69.2 Å². The summed E-state index contributed by atoms with van der Waals surface area (Å²) < 4.78 is 37.5. The highest BCUT2D eigenvalue weighted by molar-refractivity contribution is 7.92. The molecule has 1 aliphatic rings. The summed E-state index contributed by atoms with van der Waals surface area (Å²) in [6.07, 6.45) is 2.18. The third kappa shape index (κ3) is 6.29. The summed E-state index contributed by atoms with van der Waals surface area (Å²) in [5, 5.41) is 4.20. The molecule has 1 aromatic heterocycles. The largest absolute Gasteiger partial charge is 0.385 e. The highest BCUT2D eigenvalue weighted by Crippen LogP contribution is 2.27. The second-order valence-electron chi connectivity index (χ2n) is 7.80. The van der Waals surface area contributed by atoms with Crippen LogP contribution in [0.4, 0.5) is 17.3 Å². The predicted molar refractivity (Wildman–Crippen MR) is 132 cm³/mol. The van der Waals surface area contributed by atoms with Gasteiger partial charge in [0.15, 0.2) is 0 Å². The van der Waals surface area contributed by atoms with Gasteiger partial charge in [-0.1, -0.05) is 30.3 Å². The lowest BCUT2D eigenvalue weighted by Crippen LogP contribution is -2.47. The van der Waals surface area contributed by atoms with Crippen LogP contribution in [0.25, 0.3) is 11.3 Å². The number of anilines is 3. The Morgan fingerprint density at radius 2 is 1.79 bits per heavy atom. The number of benzene rings is 2. The van der Waals surface area contributed by atoms with Gasteiger partial charge in [-0.2, -0.15) is 0 Å². The van der Waals surface area contributed by atoms with Crippen molar-refractivity contribution in [2.75, 3.05) is 55.5 Å². The van der Waals surface area contributed by atoms with Crippen molar-refractivity contribution in [3.8, 4) is 11.3 Å². The van der Waals surface area contributed by atoms with Crippen LogP contribution in [0.1, 0.15) is 6.42 Å². The molecule has 180 valence electrons. The van der Waals surface area contributed by atoms with Crippen molar-refractivity contribution in [3.63, 3.8) is 0 Å². The first-order valence-corrected chi connectivity index (χ1v) is 12.8. The fourth-order valence-electron chi connectivity index (χ4n) is 3.67. The van der Waals surface area contributed by atoms with Crippen LogP contribution in [-0.2, 0) is 19.5 Å². The number of morpholine rings is 1. The Balaban J connectivity index is 1.55. The van der Waals surface area contributed by atoms with Crippen molar-refractivity contribution in [1.29, 1.82) is 0 Å². The molecule has 1 N–H and O–H groups in total. The highest BCUT2D eigenvalue weighted by Gasteiger charge is 2.23. The van der Waals surface area contributed by atoms with Gasteiger partial charge in [0.25, 0.3) is 0 Å². The Morgan fingerprint density at radius 1 is 1.06 bits per heavy atom. The Labute approximate surface area is 200 Å². The average Bonchev–Trinajstić information content (AvgIpc) is 2.86. The van der Waals surface area contributed by atoms with E-state index in [0.29, 0.717) is 37.9 Å². The number of para-hydroxylation sites is 1. The van der Waals surface area contributed by atoms with Crippen LogP contribution in [0, 0.1) is 0 Å². The van der Waals surface area contributed by atoms with Crippen molar-refractivity contribution >= 4 is 27.3 Å². The normalized spacial score (nSPS) is 14.6. The predicted octanol–water partition coefficient (Wildman–Crippen LogP) is 3.31. The zero-order valence-electron chi connectivity index (χ0n) is 19.1. The molecule has 2 heterocycles. The lowest BCUT2D eigenvalue weighted by molar-refractivity contribution is 0.0371. The molecule has 0 radical (unpaired) electrons. The first-order chi connectivity index (χ1) is 16.6. The lowest BCUT2D eigenvalue weighted by atomic mass is 10.1. The van der Waals surface area contributed by atoms with E-state index in [2.05, 4.69) is 14.7 Å². The number of hydrazine groups is 1. The molecule has 1 aliphatic heterocycles. The second kappa shape index (κ2) is 11.4. The van der Waals surface area contributed by atoms with Crippen LogP contribution in [0.3, 0.4) is 0 Å². The molecule has 9 nitrogen and oxygen atoms in total. The molecule has 3 aromatic rings. The molecule has 4 rings (SSSR count). The Bertz CT molecular complexity index is 1150. The van der Waals surface area contributed by atoms with Gasteiger partial charge in [-0.25, -0.2) is 28.4 Å². The molecule has 34 heavy (non-hydrogen) atoms. The Kier molecular flexibility index (Phi) is 8.07. The molecule has 0 saturated carbocycles. The van der Waals surface area contributed by atoms with E-state index in [0.717, 1.165) is 30.0 Å².